The zero-order valence-corrected chi connectivity index (χ0v) is 12.6. The van der Waals surface area contributed by atoms with Crippen molar-refractivity contribution in [3.8, 4) is 0 Å². The summed E-state index contributed by atoms with van der Waals surface area (Å²) in [5, 5.41) is 0.751. The Hall–Kier alpha value is -0.800. The fraction of sp³-hybridized carbons (Fsp3) is 0.500. The summed E-state index contributed by atoms with van der Waals surface area (Å²) in [4.78, 5) is 3.25. The molecule has 18 heavy (non-hydrogen) atoms. The van der Waals surface area contributed by atoms with Crippen LogP contribution in [0.5, 0.6) is 0 Å². The first-order valence-corrected chi connectivity index (χ1v) is 7.21. The molecule has 2 atom stereocenters. The van der Waals surface area contributed by atoms with Crippen LogP contribution < -0.4 is 0 Å². The third kappa shape index (κ3) is 2.62. The van der Waals surface area contributed by atoms with E-state index in [1.54, 1.807) is 0 Å². The maximum absolute atomic E-state index is 6.08. The molecule has 0 aliphatic carbocycles. The fourth-order valence-electron chi connectivity index (χ4n) is 2.39. The lowest BCUT2D eigenvalue weighted by atomic mass is 10.0. The molecule has 1 N–H and O–H groups in total. The number of aromatic amines is 1. The zero-order chi connectivity index (χ0) is 13.3. The molecule has 0 fully saturated rings. The molecule has 0 bridgehead atoms. The van der Waals surface area contributed by atoms with Crippen LogP contribution in [-0.2, 0) is 0 Å². The van der Waals surface area contributed by atoms with Gasteiger partial charge in [0.2, 0.25) is 0 Å². The minimum absolute atomic E-state index is 0.389. The van der Waals surface area contributed by atoms with E-state index in [9.17, 15) is 0 Å². The molecule has 0 aliphatic rings. The lowest BCUT2D eigenvalue weighted by Gasteiger charge is -2.18. The molecule has 0 aliphatic heterocycles. The molecule has 2 rings (SSSR count). The summed E-state index contributed by atoms with van der Waals surface area (Å²) in [5.41, 5.74) is 2.16. The molecule has 1 aromatic heterocycles. The van der Waals surface area contributed by atoms with Crippen LogP contribution in [-0.4, -0.2) is 9.55 Å². The summed E-state index contributed by atoms with van der Waals surface area (Å²) in [6.07, 6.45) is 2.32. The highest BCUT2D eigenvalue weighted by Gasteiger charge is 2.13. The van der Waals surface area contributed by atoms with Gasteiger partial charge in [-0.25, -0.2) is 0 Å². The molecular formula is C14H19ClN2S. The number of halogens is 1. The molecule has 0 amide bonds. The lowest BCUT2D eigenvalue weighted by molar-refractivity contribution is 0.402. The predicted octanol–water partition coefficient (Wildman–Crippen LogP) is 5.35. The minimum atomic E-state index is 0.389. The quantitative estimate of drug-likeness (QED) is 0.750. The van der Waals surface area contributed by atoms with Crippen LogP contribution in [0.25, 0.3) is 11.0 Å². The van der Waals surface area contributed by atoms with Crippen molar-refractivity contribution in [2.24, 2.45) is 5.92 Å². The van der Waals surface area contributed by atoms with E-state index in [-0.39, 0.29) is 0 Å². The maximum atomic E-state index is 6.08. The van der Waals surface area contributed by atoms with Crippen molar-refractivity contribution >= 4 is 34.9 Å². The van der Waals surface area contributed by atoms with Gasteiger partial charge in [-0.2, -0.15) is 0 Å². The average Bonchev–Trinajstić information content (AvgIpc) is 2.64. The lowest BCUT2D eigenvalue weighted by Crippen LogP contribution is -2.09. The van der Waals surface area contributed by atoms with Gasteiger partial charge in [0.15, 0.2) is 4.77 Å². The Morgan fingerprint density at radius 1 is 1.39 bits per heavy atom. The molecule has 98 valence electrons. The monoisotopic (exact) mass is 282 g/mol. The second-order valence-corrected chi connectivity index (χ2v) is 5.88. The Morgan fingerprint density at radius 3 is 2.78 bits per heavy atom. The van der Waals surface area contributed by atoms with E-state index < -0.39 is 0 Å². The van der Waals surface area contributed by atoms with Gasteiger partial charge in [-0.15, -0.1) is 0 Å². The zero-order valence-electron chi connectivity index (χ0n) is 11.0. The molecule has 0 radical (unpaired) electrons. The summed E-state index contributed by atoms with van der Waals surface area (Å²) in [5.74, 6) is 0.700. The summed E-state index contributed by atoms with van der Waals surface area (Å²) < 4.78 is 2.96. The smallest absolute Gasteiger partial charge is 0.178 e. The van der Waals surface area contributed by atoms with Crippen LogP contribution in [0.3, 0.4) is 0 Å². The molecule has 2 nitrogen and oxygen atoms in total. The summed E-state index contributed by atoms with van der Waals surface area (Å²) in [7, 11) is 0. The third-order valence-corrected chi connectivity index (χ3v) is 4.09. The Balaban J connectivity index is 2.46. The van der Waals surface area contributed by atoms with Crippen molar-refractivity contribution in [1.82, 2.24) is 9.55 Å². The number of fused-ring (bicyclic) bond motifs is 1. The average molecular weight is 283 g/mol. The van der Waals surface area contributed by atoms with E-state index in [0.717, 1.165) is 27.2 Å². The van der Waals surface area contributed by atoms with Crippen LogP contribution in [0.1, 0.15) is 39.7 Å². The van der Waals surface area contributed by atoms with E-state index in [2.05, 4.69) is 30.3 Å². The highest BCUT2D eigenvalue weighted by Crippen LogP contribution is 2.26. The number of imidazole rings is 1. The van der Waals surface area contributed by atoms with Crippen molar-refractivity contribution < 1.29 is 0 Å². The number of nitrogens with one attached hydrogen (secondary N) is 1. The van der Waals surface area contributed by atoms with Gasteiger partial charge in [-0.1, -0.05) is 31.9 Å². The molecule has 1 heterocycles. The first kappa shape index (κ1) is 13.6. The van der Waals surface area contributed by atoms with Gasteiger partial charge in [0.1, 0.15) is 0 Å². The van der Waals surface area contributed by atoms with Gasteiger partial charge in [-0.3, -0.25) is 0 Å². The Kier molecular flexibility index (Phi) is 4.13. The molecule has 0 saturated carbocycles. The van der Waals surface area contributed by atoms with Gasteiger partial charge in [0.25, 0.3) is 0 Å². The summed E-state index contributed by atoms with van der Waals surface area (Å²) in [6.45, 7) is 6.72. The van der Waals surface area contributed by atoms with Crippen LogP contribution in [0.4, 0.5) is 0 Å². The maximum Gasteiger partial charge on any atom is 0.178 e. The largest absolute Gasteiger partial charge is 0.331 e. The van der Waals surface area contributed by atoms with Gasteiger partial charge in [0.05, 0.1) is 11.0 Å². The Bertz CT molecular complexity index is 599. The second kappa shape index (κ2) is 5.45. The number of hydrogen-bond donors (Lipinski definition) is 1. The number of H-pyrrole nitrogens is 1. The van der Waals surface area contributed by atoms with E-state index in [1.807, 2.05) is 18.2 Å². The van der Waals surface area contributed by atoms with Gasteiger partial charge >= 0.3 is 0 Å². The molecule has 0 spiro atoms. The molecule has 0 saturated heterocycles. The van der Waals surface area contributed by atoms with Crippen molar-refractivity contribution in [1.29, 1.82) is 0 Å². The van der Waals surface area contributed by atoms with Crippen LogP contribution in [0.2, 0.25) is 5.02 Å². The van der Waals surface area contributed by atoms with Gasteiger partial charge in [-0.05, 0) is 49.7 Å². The van der Waals surface area contributed by atoms with Gasteiger partial charge in [0, 0.05) is 11.1 Å². The molecule has 1 aromatic carbocycles. The van der Waals surface area contributed by atoms with E-state index in [1.165, 1.54) is 6.42 Å². The Morgan fingerprint density at radius 2 is 2.11 bits per heavy atom. The van der Waals surface area contributed by atoms with Crippen LogP contribution >= 0.6 is 23.8 Å². The molecule has 4 heteroatoms. The van der Waals surface area contributed by atoms with Crippen molar-refractivity contribution in [3.05, 3.63) is 28.0 Å². The minimum Gasteiger partial charge on any atom is -0.331 e. The molecule has 2 aromatic rings. The fourth-order valence-corrected chi connectivity index (χ4v) is 2.94. The normalized spacial score (nSPS) is 14.9. The predicted molar refractivity (Wildman–Crippen MR) is 80.9 cm³/mol. The van der Waals surface area contributed by atoms with Crippen molar-refractivity contribution in [2.75, 3.05) is 0 Å². The standard InChI is InChI=1S/C14H19ClN2S/c1-4-9(2)7-10(3)17-13-8-11(15)5-6-12(13)16-14(17)18/h5-6,8-10H,4,7H2,1-3H3,(H,16,18). The van der Waals surface area contributed by atoms with E-state index in [4.69, 9.17) is 23.8 Å². The highest BCUT2D eigenvalue weighted by atomic mass is 35.5. The summed E-state index contributed by atoms with van der Waals surface area (Å²) in [6, 6.07) is 6.24. The first-order valence-electron chi connectivity index (χ1n) is 6.42. The number of rotatable bonds is 4. The van der Waals surface area contributed by atoms with Crippen LogP contribution in [0.15, 0.2) is 18.2 Å². The Labute approximate surface area is 118 Å². The van der Waals surface area contributed by atoms with Crippen molar-refractivity contribution in [3.63, 3.8) is 0 Å². The SMILES string of the molecule is CCC(C)CC(C)n1c(=S)[nH]c2ccc(Cl)cc21. The third-order valence-electron chi connectivity index (χ3n) is 3.56. The number of benzene rings is 1. The number of aromatic nitrogens is 2. The summed E-state index contributed by atoms with van der Waals surface area (Å²) >= 11 is 11.5. The number of hydrogen-bond acceptors (Lipinski definition) is 1. The first-order chi connectivity index (χ1) is 8.52. The highest BCUT2D eigenvalue weighted by molar-refractivity contribution is 7.71. The van der Waals surface area contributed by atoms with E-state index in [0.29, 0.717) is 12.0 Å². The topological polar surface area (TPSA) is 20.7 Å². The van der Waals surface area contributed by atoms with Crippen molar-refractivity contribution in [2.45, 2.75) is 39.7 Å². The van der Waals surface area contributed by atoms with Crippen LogP contribution in [0, 0.1) is 10.7 Å². The number of nitrogens with zero attached hydrogens (tertiary/aromatic N) is 1. The van der Waals surface area contributed by atoms with E-state index >= 15 is 0 Å². The molecular weight excluding hydrogens is 264 g/mol. The van der Waals surface area contributed by atoms with Gasteiger partial charge < -0.3 is 9.55 Å². The second-order valence-electron chi connectivity index (χ2n) is 5.06. The molecule has 2 unspecified atom stereocenters.